The third-order valence-corrected chi connectivity index (χ3v) is 5.81. The van der Waals surface area contributed by atoms with E-state index in [2.05, 4.69) is 10.1 Å². The van der Waals surface area contributed by atoms with Gasteiger partial charge in [-0.1, -0.05) is 47.1 Å². The van der Waals surface area contributed by atoms with Gasteiger partial charge in [-0.25, -0.2) is 8.42 Å². The highest BCUT2D eigenvalue weighted by Crippen LogP contribution is 2.22. The van der Waals surface area contributed by atoms with Crippen LogP contribution in [0.25, 0.3) is 11.4 Å². The topological polar surface area (TPSA) is 96.6 Å². The van der Waals surface area contributed by atoms with Crippen molar-refractivity contribution in [1.29, 1.82) is 0 Å². The van der Waals surface area contributed by atoms with Crippen LogP contribution in [0, 0.1) is 6.92 Å². The lowest BCUT2D eigenvalue weighted by Gasteiger charge is -2.30. The molecule has 0 unspecified atom stereocenters. The summed E-state index contributed by atoms with van der Waals surface area (Å²) in [5, 5.41) is 3.98. The zero-order chi connectivity index (χ0) is 21.9. The van der Waals surface area contributed by atoms with Crippen LogP contribution in [-0.4, -0.2) is 48.7 Å². The summed E-state index contributed by atoms with van der Waals surface area (Å²) in [5.41, 5.74) is 2.31. The van der Waals surface area contributed by atoms with Crippen LogP contribution in [0.15, 0.2) is 59.1 Å². The maximum atomic E-state index is 13.0. The monoisotopic (exact) mass is 428 g/mol. The number of carbonyl (C=O) groups excluding carboxylic acids is 1. The van der Waals surface area contributed by atoms with E-state index in [4.69, 9.17) is 4.52 Å². The van der Waals surface area contributed by atoms with E-state index in [1.165, 1.54) is 4.90 Å². The normalized spacial score (nSPS) is 12.4. The number of amides is 1. The van der Waals surface area contributed by atoms with Gasteiger partial charge >= 0.3 is 0 Å². The molecule has 3 aromatic rings. The first kappa shape index (κ1) is 21.5. The third-order valence-electron chi connectivity index (χ3n) is 4.57. The van der Waals surface area contributed by atoms with Crippen molar-refractivity contribution in [2.24, 2.45) is 0 Å². The molecule has 3 rings (SSSR count). The first-order valence-corrected chi connectivity index (χ1v) is 11.2. The largest absolute Gasteiger partial charge is 0.337 e. The molecule has 1 atom stereocenters. The van der Waals surface area contributed by atoms with Crippen LogP contribution in [0.2, 0.25) is 0 Å². The number of carbonyl (C=O) groups is 1. The molecular formula is C21H24N4O4S. The van der Waals surface area contributed by atoms with Crippen LogP contribution in [0.4, 0.5) is 5.69 Å². The fourth-order valence-corrected chi connectivity index (χ4v) is 4.37. The average Bonchev–Trinajstić information content (AvgIpc) is 3.15. The summed E-state index contributed by atoms with van der Waals surface area (Å²) in [6.07, 6.45) is 1.08. The number of para-hydroxylation sites is 1. The Balaban J connectivity index is 1.76. The molecule has 0 spiro atoms. The molecule has 30 heavy (non-hydrogen) atoms. The van der Waals surface area contributed by atoms with Gasteiger partial charge in [-0.15, -0.1) is 0 Å². The molecule has 0 saturated carbocycles. The summed E-state index contributed by atoms with van der Waals surface area (Å²) in [5.74, 6) is 0.310. The van der Waals surface area contributed by atoms with Crippen LogP contribution in [-0.2, 0) is 21.4 Å². The number of benzene rings is 2. The van der Waals surface area contributed by atoms with E-state index in [1.807, 2.05) is 31.2 Å². The lowest BCUT2D eigenvalue weighted by molar-refractivity contribution is -0.131. The number of likely N-dealkylation sites (N-methyl/N-ethyl adjacent to an activating group) is 1. The molecule has 158 valence electrons. The number of anilines is 1. The molecule has 9 heteroatoms. The number of aryl methyl sites for hydroxylation is 1. The van der Waals surface area contributed by atoms with Gasteiger partial charge in [0.05, 0.1) is 18.5 Å². The van der Waals surface area contributed by atoms with Gasteiger partial charge in [-0.2, -0.15) is 4.98 Å². The molecule has 8 nitrogen and oxygen atoms in total. The predicted octanol–water partition coefficient (Wildman–Crippen LogP) is 2.86. The summed E-state index contributed by atoms with van der Waals surface area (Å²) >= 11 is 0. The molecule has 0 N–H and O–H groups in total. The van der Waals surface area contributed by atoms with Gasteiger partial charge < -0.3 is 9.42 Å². The zero-order valence-electron chi connectivity index (χ0n) is 17.3. The Morgan fingerprint density at radius 2 is 1.83 bits per heavy atom. The summed E-state index contributed by atoms with van der Waals surface area (Å²) < 4.78 is 31.1. The second-order valence-corrected chi connectivity index (χ2v) is 9.01. The molecular weight excluding hydrogens is 404 g/mol. The Kier molecular flexibility index (Phi) is 6.21. The Hall–Kier alpha value is -3.20. The minimum Gasteiger partial charge on any atom is -0.337 e. The highest BCUT2D eigenvalue weighted by atomic mass is 32.2. The van der Waals surface area contributed by atoms with Crippen molar-refractivity contribution >= 4 is 21.6 Å². The number of aromatic nitrogens is 2. The molecule has 0 saturated heterocycles. The van der Waals surface area contributed by atoms with Gasteiger partial charge in [-0.05, 0) is 32.0 Å². The minimum atomic E-state index is -3.67. The fraction of sp³-hybridized carbons (Fsp3) is 0.286. The third kappa shape index (κ3) is 4.85. The number of rotatable bonds is 7. The van der Waals surface area contributed by atoms with Crippen molar-refractivity contribution in [3.63, 3.8) is 0 Å². The molecule has 1 heterocycles. The highest BCUT2D eigenvalue weighted by molar-refractivity contribution is 7.92. The smallest absolute Gasteiger partial charge is 0.246 e. The van der Waals surface area contributed by atoms with Gasteiger partial charge in [0.25, 0.3) is 0 Å². The predicted molar refractivity (Wildman–Crippen MR) is 114 cm³/mol. The fourth-order valence-electron chi connectivity index (χ4n) is 3.20. The van der Waals surface area contributed by atoms with Gasteiger partial charge in [0.15, 0.2) is 0 Å². The van der Waals surface area contributed by atoms with Gasteiger partial charge in [0.1, 0.15) is 6.04 Å². The number of sulfonamides is 1. The number of hydrogen-bond donors (Lipinski definition) is 0. The zero-order valence-corrected chi connectivity index (χ0v) is 18.1. The molecule has 0 radical (unpaired) electrons. The average molecular weight is 429 g/mol. The molecule has 0 aliphatic heterocycles. The van der Waals surface area contributed by atoms with E-state index in [0.717, 1.165) is 21.7 Å². The van der Waals surface area contributed by atoms with Crippen LogP contribution < -0.4 is 4.31 Å². The maximum absolute atomic E-state index is 13.0. The molecule has 0 fully saturated rings. The SMILES string of the molecule is Cc1cccc(-c2noc(CN(C)C(=O)[C@@H](C)N(c3ccccc3)S(C)(=O)=O)n2)c1. The van der Waals surface area contributed by atoms with Crippen molar-refractivity contribution in [1.82, 2.24) is 15.0 Å². The second-order valence-electron chi connectivity index (χ2n) is 7.15. The van der Waals surface area contributed by atoms with E-state index in [0.29, 0.717) is 11.5 Å². The van der Waals surface area contributed by atoms with Crippen molar-refractivity contribution in [3.05, 3.63) is 66.1 Å². The van der Waals surface area contributed by atoms with E-state index >= 15 is 0 Å². The van der Waals surface area contributed by atoms with Gasteiger partial charge in [0.2, 0.25) is 27.6 Å². The van der Waals surface area contributed by atoms with E-state index in [9.17, 15) is 13.2 Å². The lowest BCUT2D eigenvalue weighted by Crippen LogP contribution is -2.48. The van der Waals surface area contributed by atoms with Crippen molar-refractivity contribution in [2.45, 2.75) is 26.4 Å². The quantitative estimate of drug-likeness (QED) is 0.574. The maximum Gasteiger partial charge on any atom is 0.246 e. The molecule has 2 aromatic carbocycles. The lowest BCUT2D eigenvalue weighted by atomic mass is 10.1. The van der Waals surface area contributed by atoms with Crippen molar-refractivity contribution in [2.75, 3.05) is 17.6 Å². The first-order chi connectivity index (χ1) is 14.2. The minimum absolute atomic E-state index is 0.0639. The van der Waals surface area contributed by atoms with Crippen molar-refractivity contribution in [3.8, 4) is 11.4 Å². The first-order valence-electron chi connectivity index (χ1n) is 9.36. The Morgan fingerprint density at radius 3 is 2.47 bits per heavy atom. The highest BCUT2D eigenvalue weighted by Gasteiger charge is 2.31. The van der Waals surface area contributed by atoms with E-state index in [1.54, 1.807) is 44.3 Å². The summed E-state index contributed by atoms with van der Waals surface area (Å²) in [7, 11) is -2.10. The van der Waals surface area contributed by atoms with Crippen molar-refractivity contribution < 1.29 is 17.7 Å². The Labute approximate surface area is 176 Å². The Morgan fingerprint density at radius 1 is 1.13 bits per heavy atom. The standard InChI is InChI=1S/C21H24N4O4S/c1-15-9-8-10-17(13-15)20-22-19(29-23-20)14-24(3)21(26)16(2)25(30(4,27)28)18-11-6-5-7-12-18/h5-13,16H,14H2,1-4H3/t16-/m1/s1. The Bertz CT molecular complexity index is 1130. The van der Waals surface area contributed by atoms with Crippen LogP contribution in [0.5, 0.6) is 0 Å². The molecule has 0 bridgehead atoms. The van der Waals surface area contributed by atoms with Crippen LogP contribution in [0.3, 0.4) is 0 Å². The molecule has 0 aliphatic carbocycles. The van der Waals surface area contributed by atoms with E-state index < -0.39 is 16.1 Å². The summed E-state index contributed by atoms with van der Waals surface area (Å²) in [6, 6.07) is 15.3. The van der Waals surface area contributed by atoms with Crippen LogP contribution >= 0.6 is 0 Å². The molecule has 0 aliphatic rings. The molecule has 1 amide bonds. The number of hydrogen-bond acceptors (Lipinski definition) is 6. The van der Waals surface area contributed by atoms with E-state index in [-0.39, 0.29) is 18.3 Å². The number of nitrogens with zero attached hydrogens (tertiary/aromatic N) is 4. The van der Waals surface area contributed by atoms with Gasteiger partial charge in [-0.3, -0.25) is 9.10 Å². The molecule has 1 aromatic heterocycles. The summed E-state index contributed by atoms with van der Waals surface area (Å²) in [6.45, 7) is 3.59. The summed E-state index contributed by atoms with van der Waals surface area (Å²) in [4.78, 5) is 18.7. The van der Waals surface area contributed by atoms with Crippen LogP contribution in [0.1, 0.15) is 18.4 Å². The van der Waals surface area contributed by atoms with Gasteiger partial charge in [0, 0.05) is 12.6 Å². The second kappa shape index (κ2) is 8.66.